The van der Waals surface area contributed by atoms with E-state index in [2.05, 4.69) is 5.32 Å². The standard InChI is InChI=1S/C14H12F3N/c1-9(11-7-6-10(15)8-13(11)17)18-14-5-3-2-4-12(14)16/h2-9,18H,1H3. The van der Waals surface area contributed by atoms with Crippen molar-refractivity contribution in [3.8, 4) is 0 Å². The Morgan fingerprint density at radius 1 is 0.944 bits per heavy atom. The fourth-order valence-electron chi connectivity index (χ4n) is 1.74. The maximum absolute atomic E-state index is 13.5. The SMILES string of the molecule is CC(Nc1ccccc1F)c1ccc(F)cc1F. The lowest BCUT2D eigenvalue weighted by Gasteiger charge is -2.16. The van der Waals surface area contributed by atoms with Crippen molar-refractivity contribution in [2.24, 2.45) is 0 Å². The van der Waals surface area contributed by atoms with Crippen LogP contribution in [0.1, 0.15) is 18.5 Å². The Balaban J connectivity index is 2.22. The molecule has 2 aromatic carbocycles. The van der Waals surface area contributed by atoms with Gasteiger partial charge in [-0.05, 0) is 25.1 Å². The van der Waals surface area contributed by atoms with Crippen LogP contribution in [-0.2, 0) is 0 Å². The van der Waals surface area contributed by atoms with Gasteiger partial charge in [-0.3, -0.25) is 0 Å². The summed E-state index contributed by atoms with van der Waals surface area (Å²) in [6, 6.07) is 9.02. The molecule has 0 amide bonds. The highest BCUT2D eigenvalue weighted by molar-refractivity contribution is 5.46. The van der Waals surface area contributed by atoms with Crippen LogP contribution in [0.25, 0.3) is 0 Å². The zero-order valence-electron chi connectivity index (χ0n) is 9.75. The smallest absolute Gasteiger partial charge is 0.146 e. The van der Waals surface area contributed by atoms with Crippen LogP contribution < -0.4 is 5.32 Å². The second-order valence-corrected chi connectivity index (χ2v) is 4.01. The minimum Gasteiger partial charge on any atom is -0.376 e. The molecule has 0 heterocycles. The van der Waals surface area contributed by atoms with Crippen LogP contribution in [0.5, 0.6) is 0 Å². The van der Waals surface area contributed by atoms with Gasteiger partial charge in [-0.25, -0.2) is 13.2 Å². The van der Waals surface area contributed by atoms with E-state index in [1.165, 1.54) is 18.2 Å². The third-order valence-corrected chi connectivity index (χ3v) is 2.67. The summed E-state index contributed by atoms with van der Waals surface area (Å²) < 4.78 is 39.7. The normalized spacial score (nSPS) is 12.2. The van der Waals surface area contributed by atoms with E-state index in [-0.39, 0.29) is 5.69 Å². The Labute approximate surface area is 103 Å². The van der Waals surface area contributed by atoms with Crippen molar-refractivity contribution in [3.63, 3.8) is 0 Å². The Morgan fingerprint density at radius 2 is 1.67 bits per heavy atom. The molecule has 1 unspecified atom stereocenters. The summed E-state index contributed by atoms with van der Waals surface area (Å²) in [4.78, 5) is 0. The van der Waals surface area contributed by atoms with Crippen molar-refractivity contribution in [1.29, 1.82) is 0 Å². The van der Waals surface area contributed by atoms with E-state index in [1.807, 2.05) is 0 Å². The molecule has 0 saturated carbocycles. The number of halogens is 3. The lowest BCUT2D eigenvalue weighted by molar-refractivity contribution is 0.565. The molecule has 0 bridgehead atoms. The van der Waals surface area contributed by atoms with Gasteiger partial charge in [0, 0.05) is 11.6 Å². The predicted molar refractivity (Wildman–Crippen MR) is 64.8 cm³/mol. The average Bonchev–Trinajstić information content (AvgIpc) is 2.32. The van der Waals surface area contributed by atoms with Gasteiger partial charge in [0.15, 0.2) is 0 Å². The van der Waals surface area contributed by atoms with Crippen molar-refractivity contribution in [2.45, 2.75) is 13.0 Å². The second kappa shape index (κ2) is 5.12. The van der Waals surface area contributed by atoms with Gasteiger partial charge in [-0.1, -0.05) is 18.2 Å². The number of anilines is 1. The third kappa shape index (κ3) is 2.64. The van der Waals surface area contributed by atoms with Crippen LogP contribution in [0.2, 0.25) is 0 Å². The topological polar surface area (TPSA) is 12.0 Å². The molecule has 0 aliphatic rings. The first-order chi connectivity index (χ1) is 8.58. The summed E-state index contributed by atoms with van der Waals surface area (Å²) in [6.45, 7) is 1.68. The fourth-order valence-corrected chi connectivity index (χ4v) is 1.74. The Morgan fingerprint density at radius 3 is 2.33 bits per heavy atom. The van der Waals surface area contributed by atoms with Gasteiger partial charge in [0.05, 0.1) is 11.7 Å². The van der Waals surface area contributed by atoms with E-state index in [4.69, 9.17) is 0 Å². The Hall–Kier alpha value is -1.97. The van der Waals surface area contributed by atoms with Crippen molar-refractivity contribution in [3.05, 3.63) is 65.5 Å². The first-order valence-electron chi connectivity index (χ1n) is 5.54. The fraction of sp³-hybridized carbons (Fsp3) is 0.143. The summed E-state index contributed by atoms with van der Waals surface area (Å²) >= 11 is 0. The van der Waals surface area contributed by atoms with Crippen LogP contribution >= 0.6 is 0 Å². The van der Waals surface area contributed by atoms with Crippen LogP contribution in [0.4, 0.5) is 18.9 Å². The molecule has 0 aliphatic heterocycles. The lowest BCUT2D eigenvalue weighted by Crippen LogP contribution is -2.09. The molecule has 1 atom stereocenters. The number of para-hydroxylation sites is 1. The molecular formula is C14H12F3N. The maximum Gasteiger partial charge on any atom is 0.146 e. The number of nitrogens with one attached hydrogen (secondary N) is 1. The molecular weight excluding hydrogens is 239 g/mol. The molecule has 1 nitrogen and oxygen atoms in total. The quantitative estimate of drug-likeness (QED) is 0.858. The number of benzene rings is 2. The molecule has 1 N–H and O–H groups in total. The molecule has 0 radical (unpaired) electrons. The number of hydrogen-bond donors (Lipinski definition) is 1. The van der Waals surface area contributed by atoms with Crippen molar-refractivity contribution >= 4 is 5.69 Å². The monoisotopic (exact) mass is 251 g/mol. The van der Waals surface area contributed by atoms with Crippen molar-refractivity contribution < 1.29 is 13.2 Å². The molecule has 2 rings (SSSR count). The van der Waals surface area contributed by atoms with E-state index in [9.17, 15) is 13.2 Å². The van der Waals surface area contributed by atoms with E-state index < -0.39 is 23.5 Å². The molecule has 0 spiro atoms. The molecule has 0 fully saturated rings. The number of hydrogen-bond acceptors (Lipinski definition) is 1. The molecule has 0 aromatic heterocycles. The predicted octanol–water partition coefficient (Wildman–Crippen LogP) is 4.28. The van der Waals surface area contributed by atoms with Crippen LogP contribution in [0.15, 0.2) is 42.5 Å². The summed E-state index contributed by atoms with van der Waals surface area (Å²) in [6.07, 6.45) is 0. The van der Waals surface area contributed by atoms with Crippen LogP contribution in [0, 0.1) is 17.5 Å². The minimum atomic E-state index is -0.647. The van der Waals surface area contributed by atoms with Gasteiger partial charge >= 0.3 is 0 Å². The second-order valence-electron chi connectivity index (χ2n) is 4.01. The van der Waals surface area contributed by atoms with Crippen molar-refractivity contribution in [1.82, 2.24) is 0 Å². The summed E-state index contributed by atoms with van der Waals surface area (Å²) in [7, 11) is 0. The van der Waals surface area contributed by atoms with Gasteiger partial charge in [0.25, 0.3) is 0 Å². The molecule has 0 saturated heterocycles. The first-order valence-corrected chi connectivity index (χ1v) is 5.54. The largest absolute Gasteiger partial charge is 0.376 e. The van der Waals surface area contributed by atoms with E-state index in [0.29, 0.717) is 5.56 Å². The van der Waals surface area contributed by atoms with Crippen molar-refractivity contribution in [2.75, 3.05) is 5.32 Å². The number of rotatable bonds is 3. The molecule has 2 aromatic rings. The van der Waals surface area contributed by atoms with Crippen LogP contribution in [-0.4, -0.2) is 0 Å². The zero-order chi connectivity index (χ0) is 13.1. The van der Waals surface area contributed by atoms with Gasteiger partial charge < -0.3 is 5.32 Å². The Kier molecular flexibility index (Phi) is 3.55. The van der Waals surface area contributed by atoms with Crippen LogP contribution in [0.3, 0.4) is 0 Å². The van der Waals surface area contributed by atoms with E-state index >= 15 is 0 Å². The summed E-state index contributed by atoms with van der Waals surface area (Å²) in [5, 5.41) is 2.85. The highest BCUT2D eigenvalue weighted by Gasteiger charge is 2.12. The van der Waals surface area contributed by atoms with Gasteiger partial charge in [0.2, 0.25) is 0 Å². The zero-order valence-corrected chi connectivity index (χ0v) is 9.75. The van der Waals surface area contributed by atoms with Gasteiger partial charge in [-0.2, -0.15) is 0 Å². The first kappa shape index (κ1) is 12.5. The molecule has 18 heavy (non-hydrogen) atoms. The molecule has 94 valence electrons. The summed E-state index contributed by atoms with van der Waals surface area (Å²) in [5.41, 5.74) is 0.577. The van der Waals surface area contributed by atoms with E-state index in [1.54, 1.807) is 25.1 Å². The highest BCUT2D eigenvalue weighted by atomic mass is 19.1. The van der Waals surface area contributed by atoms with Gasteiger partial charge in [-0.15, -0.1) is 0 Å². The minimum absolute atomic E-state index is 0.286. The van der Waals surface area contributed by atoms with E-state index in [0.717, 1.165) is 6.07 Å². The van der Waals surface area contributed by atoms with Gasteiger partial charge in [0.1, 0.15) is 17.5 Å². The Bertz CT molecular complexity index is 554. The molecule has 0 aliphatic carbocycles. The highest BCUT2D eigenvalue weighted by Crippen LogP contribution is 2.23. The summed E-state index contributed by atoms with van der Waals surface area (Å²) in [5.74, 6) is -1.69. The lowest BCUT2D eigenvalue weighted by atomic mass is 10.1. The molecule has 4 heteroatoms. The average molecular weight is 251 g/mol. The maximum atomic E-state index is 13.5. The third-order valence-electron chi connectivity index (χ3n) is 2.67.